The molecule has 0 aromatic heterocycles. The third-order valence-electron chi connectivity index (χ3n) is 5.86. The molecule has 0 amide bonds. The number of isothiocyanates is 1. The van der Waals surface area contributed by atoms with E-state index in [0.717, 1.165) is 41.1 Å². The summed E-state index contributed by atoms with van der Waals surface area (Å²) in [6.07, 6.45) is 4.91. The zero-order valence-corrected chi connectivity index (χ0v) is 25.1. The molecular weight excluding hydrogens is 576 g/mol. The monoisotopic (exact) mass is 609 g/mol. The van der Waals surface area contributed by atoms with Crippen molar-refractivity contribution in [2.45, 2.75) is 26.7 Å². The number of rotatable bonds is 10. The summed E-state index contributed by atoms with van der Waals surface area (Å²) in [4.78, 5) is 18.7. The summed E-state index contributed by atoms with van der Waals surface area (Å²) < 4.78 is 0. The first-order valence-corrected chi connectivity index (χ1v) is 13.4. The molecule has 0 spiro atoms. The Kier molecular flexibility index (Phi) is 17.4. The van der Waals surface area contributed by atoms with Gasteiger partial charge in [0.15, 0.2) is 0 Å². The second-order valence-corrected chi connectivity index (χ2v) is 8.90. The van der Waals surface area contributed by atoms with E-state index in [1.165, 1.54) is 5.16 Å². The molecule has 0 saturated heterocycles. The molecule has 9 heteroatoms. The van der Waals surface area contributed by atoms with E-state index in [9.17, 15) is 15.0 Å². The Morgan fingerprint density at radius 1 is 0.854 bits per heavy atom. The molecule has 0 aliphatic carbocycles. The predicted octanol–water partition coefficient (Wildman–Crippen LogP) is 5.30. The van der Waals surface area contributed by atoms with Crippen LogP contribution in [0.5, 0.6) is 11.5 Å². The Morgan fingerprint density at radius 2 is 1.29 bits per heavy atom. The molecule has 0 atom stereocenters. The molecule has 212 valence electrons. The molecule has 0 heterocycles. The molecule has 4 aromatic rings. The number of Topliss-reactive ketones (excluding diaryl/α,β-unsaturated/α-hetero) is 1. The summed E-state index contributed by atoms with van der Waals surface area (Å²) >= 11 is 3.70. The van der Waals surface area contributed by atoms with Gasteiger partial charge in [0.25, 0.3) is 0 Å². The van der Waals surface area contributed by atoms with E-state index in [4.69, 9.17) is 5.41 Å². The Morgan fingerprint density at radius 3 is 1.76 bits per heavy atom. The number of hydrogen-bond acceptors (Lipinski definition) is 7. The van der Waals surface area contributed by atoms with E-state index in [1.807, 2.05) is 67.6 Å². The smallest absolute Gasteiger partial charge is 0.872 e. The normalized spacial score (nSPS) is 10.4. The first-order chi connectivity index (χ1) is 19.4. The van der Waals surface area contributed by atoms with Gasteiger partial charge < -0.3 is 25.7 Å². The van der Waals surface area contributed by atoms with Crippen molar-refractivity contribution in [3.05, 3.63) is 89.3 Å². The molecule has 0 unspecified atom stereocenters. The van der Waals surface area contributed by atoms with Crippen LogP contribution in [0.2, 0.25) is 0 Å². The van der Waals surface area contributed by atoms with Crippen LogP contribution >= 0.6 is 12.2 Å². The van der Waals surface area contributed by atoms with Crippen LogP contribution in [0.25, 0.3) is 27.0 Å². The molecule has 0 aliphatic heterocycles. The van der Waals surface area contributed by atoms with Gasteiger partial charge in [-0.05, 0) is 52.6 Å². The van der Waals surface area contributed by atoms with Crippen molar-refractivity contribution < 1.29 is 32.1 Å². The number of aliphatic imine (C=N–C) groups is 2. The minimum atomic E-state index is -0.00861. The Labute approximate surface area is 257 Å². The molecule has 0 radical (unpaired) electrons. The number of benzene rings is 4. The summed E-state index contributed by atoms with van der Waals surface area (Å²) in [5, 5.41) is 40.1. The number of carbonyl (C=O) groups excluding carboxylic acids is 1. The van der Waals surface area contributed by atoms with Gasteiger partial charge >= 0.3 is 17.1 Å². The van der Waals surface area contributed by atoms with Crippen molar-refractivity contribution in [3.63, 3.8) is 0 Å². The molecule has 7 nitrogen and oxygen atoms in total. The summed E-state index contributed by atoms with van der Waals surface area (Å²) in [5.41, 5.74) is 1.29. The number of nitrogens with zero attached hydrogens (tertiary/aromatic N) is 3. The van der Waals surface area contributed by atoms with E-state index >= 15 is 0 Å². The minimum Gasteiger partial charge on any atom is -0.872 e. The second-order valence-electron chi connectivity index (χ2n) is 8.72. The van der Waals surface area contributed by atoms with E-state index < -0.39 is 0 Å². The van der Waals surface area contributed by atoms with Crippen molar-refractivity contribution >= 4 is 57.1 Å². The van der Waals surface area contributed by atoms with Crippen LogP contribution in [0.4, 0.5) is 0 Å². The van der Waals surface area contributed by atoms with Crippen LogP contribution in [0.3, 0.4) is 0 Å². The van der Waals surface area contributed by atoms with E-state index in [2.05, 4.69) is 27.5 Å². The Hall–Kier alpha value is -3.71. The van der Waals surface area contributed by atoms with Crippen LogP contribution in [-0.2, 0) is 21.9 Å². The van der Waals surface area contributed by atoms with Crippen LogP contribution in [0.1, 0.15) is 37.8 Å². The van der Waals surface area contributed by atoms with E-state index in [-0.39, 0.29) is 34.4 Å². The maximum atomic E-state index is 12.2. The van der Waals surface area contributed by atoms with Crippen molar-refractivity contribution in [3.8, 4) is 11.5 Å². The van der Waals surface area contributed by atoms with Gasteiger partial charge in [-0.3, -0.25) is 9.98 Å². The Balaban J connectivity index is 0.000000831. The SMILES string of the molecule is CCC(C)=O.[Fe+4].[N-]=C=S.[O-]c1ccc2ccccc2c1C=NCCCNCCN=Cc1c([O-])ccc2ccccc12. The van der Waals surface area contributed by atoms with Gasteiger partial charge in [0, 0.05) is 31.9 Å². The van der Waals surface area contributed by atoms with E-state index in [0.29, 0.717) is 30.6 Å². The van der Waals surface area contributed by atoms with Gasteiger partial charge in [0.1, 0.15) is 5.78 Å². The number of thiocarbonyl (C=S) groups is 1. The number of nitrogens with one attached hydrogen (secondary N) is 1. The maximum Gasteiger partial charge on any atom is 4.00 e. The minimum absolute atomic E-state index is 0. The van der Waals surface area contributed by atoms with Crippen molar-refractivity contribution in [1.29, 1.82) is 0 Å². The fourth-order valence-electron chi connectivity index (χ4n) is 3.69. The molecule has 41 heavy (non-hydrogen) atoms. The molecular formula is C32H33FeN4O3S+. The van der Waals surface area contributed by atoms with Gasteiger partial charge in [-0.1, -0.05) is 103 Å². The summed E-state index contributed by atoms with van der Waals surface area (Å²) in [7, 11) is 0. The molecule has 0 bridgehead atoms. The third-order valence-corrected chi connectivity index (χ3v) is 5.86. The second kappa shape index (κ2) is 20.2. The zero-order chi connectivity index (χ0) is 29.2. The van der Waals surface area contributed by atoms with Gasteiger partial charge in [-0.25, -0.2) is 0 Å². The standard InChI is InChI=1S/C27H27N3O2.C4H8O.CNS.Fe/c31-26-12-10-20-6-1-3-8-22(20)24(26)18-29-15-5-14-28-16-17-30-19-25-23-9-4-2-7-21(23)11-13-27(25)32;1-3-4(2)5;2-1-3;/h1-4,6-13,18-19,28,31-32H,5,14-17H2;3H2,1-2H3;;/q;;-1;+4/p-2. The average Bonchev–Trinajstić information content (AvgIpc) is 2.96. The van der Waals surface area contributed by atoms with Gasteiger partial charge in [0.05, 0.1) is 6.54 Å². The first-order valence-electron chi connectivity index (χ1n) is 13.0. The Bertz CT molecular complexity index is 1390. The van der Waals surface area contributed by atoms with E-state index in [1.54, 1.807) is 31.5 Å². The van der Waals surface area contributed by atoms with Crippen molar-refractivity contribution in [2.75, 3.05) is 26.2 Å². The molecule has 4 aromatic carbocycles. The first kappa shape index (κ1) is 35.3. The molecule has 4 rings (SSSR count). The fraction of sp³-hybridized carbons (Fsp3) is 0.250. The quantitative estimate of drug-likeness (QED) is 0.113. The van der Waals surface area contributed by atoms with Gasteiger partial charge in [-0.2, -0.15) is 5.16 Å². The number of carbonyl (C=O) groups is 1. The molecule has 0 fully saturated rings. The summed E-state index contributed by atoms with van der Waals surface area (Å²) in [5.74, 6) is 0.242. The largest absolute Gasteiger partial charge is 4.00 e. The maximum absolute atomic E-state index is 12.2. The molecule has 0 aliphatic rings. The summed E-state index contributed by atoms with van der Waals surface area (Å²) in [6, 6.07) is 22.6. The topological polar surface area (TPSA) is 122 Å². The molecule has 0 saturated carbocycles. The van der Waals surface area contributed by atoms with Crippen molar-refractivity contribution in [1.82, 2.24) is 5.32 Å². The summed E-state index contributed by atoms with van der Waals surface area (Å²) in [6.45, 7) is 6.22. The van der Waals surface area contributed by atoms with Crippen LogP contribution in [0.15, 0.2) is 82.8 Å². The van der Waals surface area contributed by atoms with Crippen LogP contribution in [0, 0.1) is 0 Å². The zero-order valence-electron chi connectivity index (χ0n) is 23.2. The van der Waals surface area contributed by atoms with Gasteiger partial charge in [0.2, 0.25) is 0 Å². The predicted molar refractivity (Wildman–Crippen MR) is 166 cm³/mol. The fourth-order valence-corrected chi connectivity index (χ4v) is 3.69. The molecule has 1 N–H and O–H groups in total. The van der Waals surface area contributed by atoms with Gasteiger partial charge in [-0.15, -0.1) is 0 Å². The number of ketones is 1. The van der Waals surface area contributed by atoms with Crippen LogP contribution in [-0.4, -0.2) is 49.6 Å². The number of hydrogen-bond donors (Lipinski definition) is 1. The average molecular weight is 610 g/mol. The van der Waals surface area contributed by atoms with Crippen LogP contribution < -0.4 is 15.5 Å². The third kappa shape index (κ3) is 12.1. The van der Waals surface area contributed by atoms with Crippen molar-refractivity contribution in [2.24, 2.45) is 9.98 Å². The number of fused-ring (bicyclic) bond motifs is 2.